The zero-order valence-electron chi connectivity index (χ0n) is 11.9. The Hall–Kier alpha value is -1.92. The van der Waals surface area contributed by atoms with Gasteiger partial charge in [0.2, 0.25) is 0 Å². The van der Waals surface area contributed by atoms with Crippen LogP contribution in [0.15, 0.2) is 42.7 Å². The molecule has 114 valence electrons. The quantitative estimate of drug-likeness (QED) is 0.773. The Kier molecular flexibility index (Phi) is 5.71. The average Bonchev–Trinajstić information content (AvgIpc) is 2.97. The first-order chi connectivity index (χ1) is 10.1. The maximum absolute atomic E-state index is 12.7. The zero-order valence-corrected chi connectivity index (χ0v) is 11.9. The molecule has 2 N–H and O–H groups in total. The second-order valence-corrected chi connectivity index (χ2v) is 4.96. The Labute approximate surface area is 123 Å². The van der Waals surface area contributed by atoms with Gasteiger partial charge >= 0.3 is 0 Å². The molecule has 1 aromatic carbocycles. The molecule has 1 heterocycles. The molecule has 0 spiro atoms. The van der Waals surface area contributed by atoms with Crippen LogP contribution in [0.4, 0.5) is 4.39 Å². The van der Waals surface area contributed by atoms with Crippen LogP contribution >= 0.6 is 0 Å². The van der Waals surface area contributed by atoms with E-state index in [1.54, 1.807) is 6.20 Å². The Morgan fingerprint density at radius 2 is 2.14 bits per heavy atom. The molecule has 1 aromatic heterocycles. The number of aliphatic hydroxyl groups is 1. The Morgan fingerprint density at radius 1 is 1.38 bits per heavy atom. The average molecular weight is 293 g/mol. The lowest BCUT2D eigenvalue weighted by atomic mass is 10.3. The minimum absolute atomic E-state index is 0.160. The summed E-state index contributed by atoms with van der Waals surface area (Å²) in [7, 11) is 0. The molecule has 0 aliphatic carbocycles. The molecule has 2 unspecified atom stereocenters. The smallest absolute Gasteiger partial charge is 0.123 e. The van der Waals surface area contributed by atoms with E-state index in [0.717, 1.165) is 6.54 Å². The van der Waals surface area contributed by atoms with Crippen molar-refractivity contribution in [1.82, 2.24) is 15.1 Å². The van der Waals surface area contributed by atoms with Crippen LogP contribution in [0, 0.1) is 5.82 Å². The number of hydrogen-bond donors (Lipinski definition) is 2. The zero-order chi connectivity index (χ0) is 15.1. The molecule has 2 atom stereocenters. The van der Waals surface area contributed by atoms with Crippen molar-refractivity contribution in [3.05, 3.63) is 48.5 Å². The summed E-state index contributed by atoms with van der Waals surface area (Å²) < 4.78 is 19.9. The third-order valence-corrected chi connectivity index (χ3v) is 2.98. The normalized spacial score (nSPS) is 13.9. The van der Waals surface area contributed by atoms with Crippen LogP contribution in [0.2, 0.25) is 0 Å². The lowest BCUT2D eigenvalue weighted by molar-refractivity contribution is 0.103. The minimum Gasteiger partial charge on any atom is -0.491 e. The Morgan fingerprint density at radius 3 is 2.81 bits per heavy atom. The van der Waals surface area contributed by atoms with Gasteiger partial charge in [-0.2, -0.15) is 5.10 Å². The summed E-state index contributed by atoms with van der Waals surface area (Å²) in [6, 6.07) is 7.78. The first-order valence-corrected chi connectivity index (χ1v) is 6.90. The summed E-state index contributed by atoms with van der Waals surface area (Å²) in [5.41, 5.74) is 0. The van der Waals surface area contributed by atoms with E-state index in [0.29, 0.717) is 12.3 Å². The fourth-order valence-electron chi connectivity index (χ4n) is 1.87. The largest absolute Gasteiger partial charge is 0.491 e. The number of benzene rings is 1. The molecule has 0 radical (unpaired) electrons. The van der Waals surface area contributed by atoms with E-state index >= 15 is 0 Å². The molecular weight excluding hydrogens is 273 g/mol. The van der Waals surface area contributed by atoms with E-state index in [4.69, 9.17) is 4.74 Å². The third kappa shape index (κ3) is 5.53. The summed E-state index contributed by atoms with van der Waals surface area (Å²) in [4.78, 5) is 0. The Bertz CT molecular complexity index is 516. The van der Waals surface area contributed by atoms with Crippen LogP contribution in [0.1, 0.15) is 6.92 Å². The second-order valence-electron chi connectivity index (χ2n) is 4.96. The highest BCUT2D eigenvalue weighted by Crippen LogP contribution is 2.11. The van der Waals surface area contributed by atoms with Gasteiger partial charge in [0.05, 0.1) is 6.54 Å². The molecule has 0 fully saturated rings. The summed E-state index contributed by atoms with van der Waals surface area (Å²) >= 11 is 0. The SMILES string of the molecule is CC(Cn1cccn1)NCC(O)COc1ccc(F)cc1. The Balaban J connectivity index is 1.65. The van der Waals surface area contributed by atoms with Crippen molar-refractivity contribution in [3.63, 3.8) is 0 Å². The number of nitrogens with zero attached hydrogens (tertiary/aromatic N) is 2. The standard InChI is InChI=1S/C15H20FN3O2/c1-12(10-19-8-2-7-18-19)17-9-14(20)11-21-15-5-3-13(16)4-6-15/h2-8,12,14,17,20H,9-11H2,1H3. The fraction of sp³-hybridized carbons (Fsp3) is 0.400. The molecule has 0 amide bonds. The van der Waals surface area contributed by atoms with E-state index in [1.807, 2.05) is 23.9 Å². The first kappa shape index (κ1) is 15.5. The van der Waals surface area contributed by atoms with Crippen molar-refractivity contribution in [3.8, 4) is 5.75 Å². The van der Waals surface area contributed by atoms with E-state index < -0.39 is 6.10 Å². The molecular formula is C15H20FN3O2. The predicted octanol–water partition coefficient (Wildman–Crippen LogP) is 1.44. The maximum Gasteiger partial charge on any atom is 0.123 e. The highest BCUT2D eigenvalue weighted by molar-refractivity contribution is 5.22. The second kappa shape index (κ2) is 7.75. The molecule has 2 rings (SSSR count). The van der Waals surface area contributed by atoms with Crippen LogP contribution in [0.25, 0.3) is 0 Å². The minimum atomic E-state index is -0.630. The van der Waals surface area contributed by atoms with Gasteiger partial charge in [0.15, 0.2) is 0 Å². The first-order valence-electron chi connectivity index (χ1n) is 6.90. The number of hydrogen-bond acceptors (Lipinski definition) is 4. The van der Waals surface area contributed by atoms with E-state index in [1.165, 1.54) is 24.3 Å². The molecule has 2 aromatic rings. The van der Waals surface area contributed by atoms with Crippen molar-refractivity contribution in [2.24, 2.45) is 0 Å². The van der Waals surface area contributed by atoms with Gasteiger partial charge < -0.3 is 15.2 Å². The van der Waals surface area contributed by atoms with Crippen LogP contribution in [0.5, 0.6) is 5.75 Å². The lowest BCUT2D eigenvalue weighted by Crippen LogP contribution is -2.38. The van der Waals surface area contributed by atoms with Crippen LogP contribution in [-0.2, 0) is 6.54 Å². The number of rotatable bonds is 8. The van der Waals surface area contributed by atoms with Crippen LogP contribution < -0.4 is 10.1 Å². The monoisotopic (exact) mass is 293 g/mol. The fourth-order valence-corrected chi connectivity index (χ4v) is 1.87. The third-order valence-electron chi connectivity index (χ3n) is 2.98. The predicted molar refractivity (Wildman–Crippen MR) is 77.6 cm³/mol. The molecule has 0 aliphatic rings. The summed E-state index contributed by atoms with van der Waals surface area (Å²) in [5, 5.41) is 17.2. The summed E-state index contributed by atoms with van der Waals surface area (Å²) in [5.74, 6) is 0.233. The molecule has 0 aliphatic heterocycles. The van der Waals surface area contributed by atoms with E-state index in [9.17, 15) is 9.50 Å². The number of aromatic nitrogens is 2. The topological polar surface area (TPSA) is 59.3 Å². The van der Waals surface area contributed by atoms with Crippen molar-refractivity contribution in [1.29, 1.82) is 0 Å². The maximum atomic E-state index is 12.7. The highest BCUT2D eigenvalue weighted by Gasteiger charge is 2.08. The van der Waals surface area contributed by atoms with Crippen molar-refractivity contribution in [2.75, 3.05) is 13.2 Å². The van der Waals surface area contributed by atoms with Gasteiger partial charge in [-0.25, -0.2) is 4.39 Å². The van der Waals surface area contributed by atoms with Gasteiger partial charge in [-0.1, -0.05) is 0 Å². The number of halogens is 1. The molecule has 6 heteroatoms. The van der Waals surface area contributed by atoms with Gasteiger partial charge in [0.25, 0.3) is 0 Å². The lowest BCUT2D eigenvalue weighted by Gasteiger charge is -2.17. The van der Waals surface area contributed by atoms with Gasteiger partial charge in [0.1, 0.15) is 24.3 Å². The van der Waals surface area contributed by atoms with E-state index in [-0.39, 0.29) is 18.5 Å². The van der Waals surface area contributed by atoms with Gasteiger partial charge in [-0.15, -0.1) is 0 Å². The molecule has 21 heavy (non-hydrogen) atoms. The number of aliphatic hydroxyl groups excluding tert-OH is 1. The van der Waals surface area contributed by atoms with Crippen LogP contribution in [-0.4, -0.2) is 40.2 Å². The molecule has 0 saturated carbocycles. The number of ether oxygens (including phenoxy) is 1. The van der Waals surface area contributed by atoms with E-state index in [2.05, 4.69) is 10.4 Å². The molecule has 5 nitrogen and oxygen atoms in total. The molecule has 0 saturated heterocycles. The number of nitrogens with one attached hydrogen (secondary N) is 1. The van der Waals surface area contributed by atoms with Crippen molar-refractivity contribution < 1.29 is 14.2 Å². The van der Waals surface area contributed by atoms with Crippen molar-refractivity contribution >= 4 is 0 Å². The van der Waals surface area contributed by atoms with Gasteiger partial charge in [-0.05, 0) is 37.3 Å². The van der Waals surface area contributed by atoms with Gasteiger partial charge in [0, 0.05) is 25.0 Å². The van der Waals surface area contributed by atoms with Crippen LogP contribution in [0.3, 0.4) is 0 Å². The summed E-state index contributed by atoms with van der Waals surface area (Å²) in [6.45, 7) is 3.34. The van der Waals surface area contributed by atoms with Gasteiger partial charge in [-0.3, -0.25) is 4.68 Å². The molecule has 0 bridgehead atoms. The highest BCUT2D eigenvalue weighted by atomic mass is 19.1. The summed E-state index contributed by atoms with van der Waals surface area (Å²) in [6.07, 6.45) is 3.00. The van der Waals surface area contributed by atoms with Crippen molar-refractivity contribution in [2.45, 2.75) is 25.6 Å².